The Hall–Kier alpha value is -1.60. The second-order valence-corrected chi connectivity index (χ2v) is 5.32. The minimum Gasteiger partial charge on any atom is -0.497 e. The first-order valence-electron chi connectivity index (χ1n) is 5.34. The van der Waals surface area contributed by atoms with E-state index >= 15 is 0 Å². The SMILES string of the molecule is COc1ccc(CN(C(=O)O)c2nc(Br)cs2)cc1. The summed E-state index contributed by atoms with van der Waals surface area (Å²) in [6.45, 7) is 0.249. The van der Waals surface area contributed by atoms with Crippen molar-refractivity contribution in [3.8, 4) is 5.75 Å². The van der Waals surface area contributed by atoms with Crippen LogP contribution in [0.2, 0.25) is 0 Å². The Morgan fingerprint density at radius 3 is 2.63 bits per heavy atom. The second-order valence-electron chi connectivity index (χ2n) is 3.67. The monoisotopic (exact) mass is 342 g/mol. The number of benzene rings is 1. The molecule has 0 saturated carbocycles. The van der Waals surface area contributed by atoms with Crippen molar-refractivity contribution in [1.82, 2.24) is 4.98 Å². The average molecular weight is 343 g/mol. The lowest BCUT2D eigenvalue weighted by atomic mass is 10.2. The number of nitrogens with zero attached hydrogens (tertiary/aromatic N) is 2. The van der Waals surface area contributed by atoms with E-state index in [9.17, 15) is 9.90 Å². The molecule has 19 heavy (non-hydrogen) atoms. The fourth-order valence-corrected chi connectivity index (χ4v) is 2.74. The number of aromatic nitrogens is 1. The third kappa shape index (κ3) is 3.45. The smallest absolute Gasteiger partial charge is 0.413 e. The van der Waals surface area contributed by atoms with Crippen molar-refractivity contribution >= 4 is 38.5 Å². The van der Waals surface area contributed by atoms with E-state index in [1.54, 1.807) is 24.6 Å². The molecule has 0 fully saturated rings. The minimum atomic E-state index is -1.03. The predicted octanol–water partition coefficient (Wildman–Crippen LogP) is 3.60. The zero-order valence-corrected chi connectivity index (χ0v) is 12.4. The second kappa shape index (κ2) is 6.03. The van der Waals surface area contributed by atoms with Crippen LogP contribution in [0.15, 0.2) is 34.2 Å². The van der Waals surface area contributed by atoms with Gasteiger partial charge in [-0.25, -0.2) is 14.7 Å². The summed E-state index contributed by atoms with van der Waals surface area (Å²) < 4.78 is 5.70. The number of halogens is 1. The van der Waals surface area contributed by atoms with Crippen LogP contribution in [0.25, 0.3) is 0 Å². The van der Waals surface area contributed by atoms with E-state index in [1.807, 2.05) is 12.1 Å². The highest BCUT2D eigenvalue weighted by Crippen LogP contribution is 2.25. The van der Waals surface area contributed by atoms with Crippen molar-refractivity contribution in [3.63, 3.8) is 0 Å². The molecule has 1 heterocycles. The number of carbonyl (C=O) groups is 1. The van der Waals surface area contributed by atoms with E-state index in [0.29, 0.717) is 9.73 Å². The van der Waals surface area contributed by atoms with Gasteiger partial charge in [0.25, 0.3) is 0 Å². The molecule has 0 unspecified atom stereocenters. The standard InChI is InChI=1S/C12H11BrN2O3S/c1-18-9-4-2-8(3-5-9)6-15(12(16)17)11-14-10(13)7-19-11/h2-5,7H,6H2,1H3,(H,16,17). The van der Waals surface area contributed by atoms with Gasteiger partial charge in [0, 0.05) is 5.38 Å². The van der Waals surface area contributed by atoms with Gasteiger partial charge in [0.15, 0.2) is 5.13 Å². The average Bonchev–Trinajstić information content (AvgIpc) is 2.82. The summed E-state index contributed by atoms with van der Waals surface area (Å²) in [6.07, 6.45) is -1.03. The molecule has 0 atom stereocenters. The zero-order chi connectivity index (χ0) is 13.8. The summed E-state index contributed by atoms with van der Waals surface area (Å²) >= 11 is 4.49. The van der Waals surface area contributed by atoms with E-state index in [1.165, 1.54) is 16.2 Å². The van der Waals surface area contributed by atoms with Crippen LogP contribution in [0, 0.1) is 0 Å². The van der Waals surface area contributed by atoms with Gasteiger partial charge in [-0.3, -0.25) is 0 Å². The van der Waals surface area contributed by atoms with Crippen LogP contribution in [0.1, 0.15) is 5.56 Å². The molecule has 7 heteroatoms. The van der Waals surface area contributed by atoms with Crippen LogP contribution >= 0.6 is 27.3 Å². The van der Waals surface area contributed by atoms with Crippen molar-refractivity contribution in [3.05, 3.63) is 39.8 Å². The fraction of sp³-hybridized carbons (Fsp3) is 0.167. The summed E-state index contributed by atoms with van der Waals surface area (Å²) in [5, 5.41) is 11.4. The number of hydrogen-bond acceptors (Lipinski definition) is 4. The molecule has 5 nitrogen and oxygen atoms in total. The molecule has 0 aliphatic rings. The predicted molar refractivity (Wildman–Crippen MR) is 77.0 cm³/mol. The third-order valence-electron chi connectivity index (χ3n) is 2.43. The molecule has 100 valence electrons. The van der Waals surface area contributed by atoms with E-state index in [2.05, 4.69) is 20.9 Å². The Kier molecular flexibility index (Phi) is 4.39. The molecular formula is C12H11BrN2O3S. The Bertz CT molecular complexity index is 571. The van der Waals surface area contributed by atoms with Gasteiger partial charge >= 0.3 is 6.09 Å². The summed E-state index contributed by atoms with van der Waals surface area (Å²) in [6, 6.07) is 7.26. The largest absolute Gasteiger partial charge is 0.497 e. The van der Waals surface area contributed by atoms with Crippen molar-refractivity contribution in [1.29, 1.82) is 0 Å². The first-order chi connectivity index (χ1) is 9.10. The maximum Gasteiger partial charge on any atom is 0.413 e. The Morgan fingerprint density at radius 2 is 2.16 bits per heavy atom. The van der Waals surface area contributed by atoms with E-state index < -0.39 is 6.09 Å². The number of methoxy groups -OCH3 is 1. The summed E-state index contributed by atoms with van der Waals surface area (Å²) in [5.41, 5.74) is 0.870. The van der Waals surface area contributed by atoms with Crippen LogP contribution in [0.4, 0.5) is 9.93 Å². The fourth-order valence-electron chi connectivity index (χ4n) is 1.50. The molecule has 1 aromatic carbocycles. The summed E-state index contributed by atoms with van der Waals surface area (Å²) in [5.74, 6) is 0.739. The summed E-state index contributed by atoms with van der Waals surface area (Å²) in [7, 11) is 1.59. The number of thiazole rings is 1. The zero-order valence-electron chi connectivity index (χ0n) is 10.0. The Labute approximate surface area is 122 Å². The molecule has 0 spiro atoms. The quantitative estimate of drug-likeness (QED) is 0.921. The normalized spacial score (nSPS) is 10.2. The van der Waals surface area contributed by atoms with Gasteiger partial charge in [0.2, 0.25) is 0 Å². The maximum absolute atomic E-state index is 11.3. The molecule has 1 aromatic heterocycles. The highest BCUT2D eigenvalue weighted by Gasteiger charge is 2.18. The topological polar surface area (TPSA) is 62.7 Å². The lowest BCUT2D eigenvalue weighted by Crippen LogP contribution is -2.28. The van der Waals surface area contributed by atoms with Crippen molar-refractivity contribution in [2.45, 2.75) is 6.54 Å². The highest BCUT2D eigenvalue weighted by atomic mass is 79.9. The number of anilines is 1. The number of ether oxygens (including phenoxy) is 1. The van der Waals surface area contributed by atoms with Crippen LogP contribution in [0.3, 0.4) is 0 Å². The molecule has 1 N–H and O–H groups in total. The Balaban J connectivity index is 2.18. The first kappa shape index (κ1) is 13.8. The number of amides is 1. The Morgan fingerprint density at radius 1 is 1.47 bits per heavy atom. The molecule has 0 bridgehead atoms. The highest BCUT2D eigenvalue weighted by molar-refractivity contribution is 9.10. The molecule has 0 saturated heterocycles. The third-order valence-corrected chi connectivity index (χ3v) is 4.00. The van der Waals surface area contributed by atoms with Crippen LogP contribution in [-0.2, 0) is 6.54 Å². The molecule has 0 aliphatic carbocycles. The van der Waals surface area contributed by atoms with Gasteiger partial charge in [-0.1, -0.05) is 12.1 Å². The van der Waals surface area contributed by atoms with Crippen molar-refractivity contribution < 1.29 is 14.6 Å². The number of hydrogen-bond donors (Lipinski definition) is 1. The van der Waals surface area contributed by atoms with Gasteiger partial charge in [0.05, 0.1) is 13.7 Å². The number of carboxylic acid groups (broad SMARTS) is 1. The van der Waals surface area contributed by atoms with Gasteiger partial charge < -0.3 is 9.84 Å². The van der Waals surface area contributed by atoms with E-state index in [-0.39, 0.29) is 6.54 Å². The minimum absolute atomic E-state index is 0.249. The van der Waals surface area contributed by atoms with Crippen LogP contribution < -0.4 is 9.64 Å². The summed E-state index contributed by atoms with van der Waals surface area (Å²) in [4.78, 5) is 16.6. The van der Waals surface area contributed by atoms with E-state index in [0.717, 1.165) is 11.3 Å². The van der Waals surface area contributed by atoms with Gasteiger partial charge in [0.1, 0.15) is 10.4 Å². The first-order valence-corrected chi connectivity index (χ1v) is 7.02. The van der Waals surface area contributed by atoms with Gasteiger partial charge in [-0.05, 0) is 33.6 Å². The van der Waals surface area contributed by atoms with Crippen molar-refractivity contribution in [2.24, 2.45) is 0 Å². The molecule has 2 aromatic rings. The van der Waals surface area contributed by atoms with Gasteiger partial charge in [-0.2, -0.15) is 0 Å². The van der Waals surface area contributed by atoms with E-state index in [4.69, 9.17) is 4.74 Å². The van der Waals surface area contributed by atoms with Crippen LogP contribution in [0.5, 0.6) is 5.75 Å². The molecule has 2 rings (SSSR count). The lowest BCUT2D eigenvalue weighted by molar-refractivity contribution is 0.201. The molecule has 1 amide bonds. The van der Waals surface area contributed by atoms with Crippen LogP contribution in [-0.4, -0.2) is 23.3 Å². The lowest BCUT2D eigenvalue weighted by Gasteiger charge is -2.16. The van der Waals surface area contributed by atoms with Crippen molar-refractivity contribution in [2.75, 3.05) is 12.0 Å². The molecule has 0 radical (unpaired) electrons. The molecule has 0 aliphatic heterocycles. The van der Waals surface area contributed by atoms with Gasteiger partial charge in [-0.15, -0.1) is 11.3 Å². The molecular weight excluding hydrogens is 332 g/mol. The maximum atomic E-state index is 11.3. The number of rotatable bonds is 4.